The predicted octanol–water partition coefficient (Wildman–Crippen LogP) is 4.77. The highest BCUT2D eigenvalue weighted by atomic mass is 16.6. The van der Waals surface area contributed by atoms with Crippen LogP contribution >= 0.6 is 0 Å². The van der Waals surface area contributed by atoms with Gasteiger partial charge in [0.05, 0.1) is 29.1 Å². The molecule has 1 aliphatic heterocycles. The number of aliphatic hydroxyl groups excluding tert-OH is 1. The van der Waals surface area contributed by atoms with Gasteiger partial charge in [0.25, 0.3) is 0 Å². The molecule has 2 atom stereocenters. The number of hydrogen-bond donors (Lipinski definition) is 1. The highest BCUT2D eigenvalue weighted by molar-refractivity contribution is 6.04. The number of pyridine rings is 1. The average Bonchev–Trinajstić information content (AvgIpc) is 2.83. The van der Waals surface area contributed by atoms with Crippen molar-refractivity contribution in [2.75, 3.05) is 7.11 Å². The van der Waals surface area contributed by atoms with E-state index in [9.17, 15) is 14.7 Å². The summed E-state index contributed by atoms with van der Waals surface area (Å²) >= 11 is 0. The molecule has 182 valence electrons. The molecule has 2 heterocycles. The van der Waals surface area contributed by atoms with Crippen molar-refractivity contribution in [3.63, 3.8) is 0 Å². The van der Waals surface area contributed by atoms with E-state index in [1.165, 1.54) is 7.11 Å². The van der Waals surface area contributed by atoms with E-state index in [2.05, 4.69) is 0 Å². The molecule has 0 unspecified atom stereocenters. The Bertz CT molecular complexity index is 1550. The largest absolute Gasteiger partial charge is 0.496 e. The van der Waals surface area contributed by atoms with Crippen LogP contribution in [0.15, 0.2) is 47.3 Å². The zero-order valence-electron chi connectivity index (χ0n) is 20.5. The van der Waals surface area contributed by atoms with E-state index in [-0.39, 0.29) is 11.8 Å². The van der Waals surface area contributed by atoms with Crippen LogP contribution in [0.2, 0.25) is 0 Å². The quantitative estimate of drug-likeness (QED) is 0.338. The molecule has 0 saturated carbocycles. The van der Waals surface area contributed by atoms with Gasteiger partial charge >= 0.3 is 5.97 Å². The Labute approximate surface area is 202 Å². The molecule has 0 aliphatic carbocycles. The fourth-order valence-electron chi connectivity index (χ4n) is 5.16. The van der Waals surface area contributed by atoms with Gasteiger partial charge in [-0.2, -0.15) is 0 Å². The first-order valence-electron chi connectivity index (χ1n) is 11.8. The van der Waals surface area contributed by atoms with Gasteiger partial charge in [-0.3, -0.25) is 9.59 Å². The van der Waals surface area contributed by atoms with Crippen LogP contribution in [0, 0.1) is 0 Å². The third-order valence-corrected chi connectivity index (χ3v) is 6.87. The van der Waals surface area contributed by atoms with Gasteiger partial charge in [0, 0.05) is 24.9 Å². The Morgan fingerprint density at radius 2 is 1.86 bits per heavy atom. The number of aryl methyl sites for hydroxylation is 1. The van der Waals surface area contributed by atoms with Gasteiger partial charge in [0.2, 0.25) is 5.43 Å². The van der Waals surface area contributed by atoms with Crippen molar-refractivity contribution < 1.29 is 24.1 Å². The second-order valence-corrected chi connectivity index (χ2v) is 9.63. The second-order valence-electron chi connectivity index (χ2n) is 9.63. The minimum absolute atomic E-state index is 0.199. The van der Waals surface area contributed by atoms with Gasteiger partial charge in [-0.15, -0.1) is 0 Å². The molecule has 0 amide bonds. The molecule has 5 rings (SSSR count). The van der Waals surface area contributed by atoms with Crippen LogP contribution < -0.4 is 14.9 Å². The molecule has 0 fully saturated rings. The number of carbonyl (C=O) groups excluding carboxylic acids is 1. The molecule has 1 aromatic heterocycles. The van der Waals surface area contributed by atoms with Crippen LogP contribution in [-0.2, 0) is 16.6 Å². The molecule has 0 spiro atoms. The summed E-state index contributed by atoms with van der Waals surface area (Å²) in [5.41, 5.74) is 0.416. The van der Waals surface area contributed by atoms with Gasteiger partial charge in [-0.1, -0.05) is 31.2 Å². The lowest BCUT2D eigenvalue weighted by molar-refractivity contribution is -0.177. The molecular weight excluding hydrogens is 446 g/mol. The molecule has 1 N–H and O–H groups in total. The van der Waals surface area contributed by atoms with Crippen molar-refractivity contribution in [3.8, 4) is 11.5 Å². The molecular formula is C28H29NO6. The van der Waals surface area contributed by atoms with Gasteiger partial charge in [-0.05, 0) is 43.2 Å². The molecule has 0 saturated heterocycles. The number of methoxy groups -OCH3 is 1. The number of rotatable bonds is 4. The van der Waals surface area contributed by atoms with E-state index >= 15 is 0 Å². The number of esters is 1. The zero-order chi connectivity index (χ0) is 25.1. The second kappa shape index (κ2) is 8.27. The van der Waals surface area contributed by atoms with Crippen molar-refractivity contribution in [1.29, 1.82) is 0 Å². The normalized spacial score (nSPS) is 18.9. The van der Waals surface area contributed by atoms with E-state index in [1.54, 1.807) is 19.9 Å². The predicted molar refractivity (Wildman–Crippen MR) is 135 cm³/mol. The van der Waals surface area contributed by atoms with Crippen LogP contribution in [0.4, 0.5) is 0 Å². The topological polar surface area (TPSA) is 87.0 Å². The Kier molecular flexibility index (Phi) is 5.48. The number of aromatic nitrogens is 1. The molecule has 3 aromatic carbocycles. The van der Waals surface area contributed by atoms with Gasteiger partial charge < -0.3 is 23.9 Å². The van der Waals surface area contributed by atoms with Gasteiger partial charge in [-0.25, -0.2) is 0 Å². The van der Waals surface area contributed by atoms with Gasteiger partial charge in [0.15, 0.2) is 6.10 Å². The number of hydrogen-bond acceptors (Lipinski definition) is 6. The summed E-state index contributed by atoms with van der Waals surface area (Å²) in [4.78, 5) is 26.2. The van der Waals surface area contributed by atoms with E-state index in [0.717, 1.165) is 10.8 Å². The summed E-state index contributed by atoms with van der Waals surface area (Å²) in [6.45, 7) is 5.43. The Morgan fingerprint density at radius 1 is 1.17 bits per heavy atom. The smallest absolute Gasteiger partial charge is 0.306 e. The molecule has 7 heteroatoms. The average molecular weight is 476 g/mol. The highest BCUT2D eigenvalue weighted by Crippen LogP contribution is 2.47. The molecule has 0 radical (unpaired) electrons. The first kappa shape index (κ1) is 23.2. The standard InChI is InChI=1S/C28H29NO6/c1-6-9-21(30)34-27-26(32)23-20(35-28(27,2)3)14-19(33-5)22-24(23)29(4)18-13-16-11-8-7-10-15(16)12-17(18)25(22)31/h7-8,10-14,26-27,32H,6,9H2,1-5H3/t26-,27-/m0/s1. The number of ether oxygens (including phenoxy) is 3. The first-order valence-corrected chi connectivity index (χ1v) is 11.8. The molecule has 4 aromatic rings. The van der Waals surface area contributed by atoms with E-state index in [4.69, 9.17) is 14.2 Å². The Morgan fingerprint density at radius 3 is 2.51 bits per heavy atom. The maximum atomic E-state index is 13.8. The van der Waals surface area contributed by atoms with Crippen LogP contribution in [-0.4, -0.2) is 34.5 Å². The molecule has 1 aliphatic rings. The lowest BCUT2D eigenvalue weighted by atomic mass is 9.86. The van der Waals surface area contributed by atoms with Crippen molar-refractivity contribution >= 4 is 38.5 Å². The number of nitrogens with zero attached hydrogens (tertiary/aromatic N) is 1. The summed E-state index contributed by atoms with van der Waals surface area (Å²) in [5.74, 6) is 0.351. The fourth-order valence-corrected chi connectivity index (χ4v) is 5.16. The van der Waals surface area contributed by atoms with Crippen LogP contribution in [0.1, 0.15) is 45.3 Å². The SMILES string of the molecule is CCCC(=O)O[C@H]1[C@@H](O)c2c(cc(OC)c3c(=O)c4cc5ccccc5cc4n(C)c23)OC1(C)C. The third kappa shape index (κ3) is 3.53. The number of carbonyl (C=O) groups is 1. The molecule has 0 bridgehead atoms. The summed E-state index contributed by atoms with van der Waals surface area (Å²) in [6, 6.07) is 13.3. The van der Waals surface area contributed by atoms with Crippen molar-refractivity contribution in [2.24, 2.45) is 7.05 Å². The van der Waals surface area contributed by atoms with Crippen LogP contribution in [0.3, 0.4) is 0 Å². The minimum atomic E-state index is -1.20. The summed E-state index contributed by atoms with van der Waals surface area (Å²) in [5, 5.41) is 14.4. The summed E-state index contributed by atoms with van der Waals surface area (Å²) < 4.78 is 19.5. The van der Waals surface area contributed by atoms with Crippen molar-refractivity contribution in [2.45, 2.75) is 51.4 Å². The first-order chi connectivity index (χ1) is 16.7. The zero-order valence-corrected chi connectivity index (χ0v) is 20.5. The molecule has 7 nitrogen and oxygen atoms in total. The lowest BCUT2D eigenvalue weighted by Gasteiger charge is -2.42. The third-order valence-electron chi connectivity index (χ3n) is 6.87. The Balaban J connectivity index is 1.86. The maximum absolute atomic E-state index is 13.8. The number of fused-ring (bicyclic) bond motifs is 5. The monoisotopic (exact) mass is 475 g/mol. The van der Waals surface area contributed by atoms with Crippen LogP contribution in [0.25, 0.3) is 32.6 Å². The van der Waals surface area contributed by atoms with Crippen molar-refractivity contribution in [3.05, 3.63) is 58.3 Å². The highest BCUT2D eigenvalue weighted by Gasteiger charge is 2.47. The fraction of sp³-hybridized carbons (Fsp3) is 0.357. The van der Waals surface area contributed by atoms with E-state index in [0.29, 0.717) is 45.3 Å². The molecule has 35 heavy (non-hydrogen) atoms. The lowest BCUT2D eigenvalue weighted by Crippen LogP contribution is -2.51. The minimum Gasteiger partial charge on any atom is -0.496 e. The summed E-state index contributed by atoms with van der Waals surface area (Å²) in [7, 11) is 3.36. The van der Waals surface area contributed by atoms with E-state index < -0.39 is 23.8 Å². The number of benzene rings is 3. The Hall–Kier alpha value is -3.58. The number of aliphatic hydroxyl groups is 1. The summed E-state index contributed by atoms with van der Waals surface area (Å²) in [6.07, 6.45) is -1.28. The van der Waals surface area contributed by atoms with Crippen LogP contribution in [0.5, 0.6) is 11.5 Å². The van der Waals surface area contributed by atoms with Gasteiger partial charge in [0.1, 0.15) is 23.2 Å². The van der Waals surface area contributed by atoms with Crippen molar-refractivity contribution in [1.82, 2.24) is 4.57 Å². The maximum Gasteiger partial charge on any atom is 0.306 e. The van der Waals surface area contributed by atoms with E-state index in [1.807, 2.05) is 54.9 Å².